The second-order valence-corrected chi connectivity index (χ2v) is 6.26. The monoisotopic (exact) mass is 292 g/mol. The van der Waals surface area contributed by atoms with E-state index in [9.17, 15) is 9.18 Å². The molecule has 0 fully saturated rings. The third-order valence-corrected chi connectivity index (χ3v) is 4.13. The number of halogens is 1. The van der Waals surface area contributed by atoms with Crippen LogP contribution in [0.1, 0.15) is 38.6 Å². The Morgan fingerprint density at radius 1 is 1.35 bits per heavy atom. The Hall–Kier alpha value is -1.88. The molecule has 5 heteroatoms. The van der Waals surface area contributed by atoms with Crippen molar-refractivity contribution in [1.82, 2.24) is 5.32 Å². The van der Waals surface area contributed by atoms with E-state index in [1.807, 2.05) is 20.8 Å². The lowest BCUT2D eigenvalue weighted by atomic mass is 10.1. The van der Waals surface area contributed by atoms with Crippen molar-refractivity contribution in [2.24, 2.45) is 0 Å². The topological polar surface area (TPSA) is 55.1 Å². The molecule has 2 aromatic rings. The summed E-state index contributed by atoms with van der Waals surface area (Å²) < 4.78 is 13.0. The van der Waals surface area contributed by atoms with E-state index in [2.05, 4.69) is 11.4 Å². The van der Waals surface area contributed by atoms with E-state index in [1.54, 1.807) is 11.3 Å². The third kappa shape index (κ3) is 2.99. The maximum atomic E-state index is 13.0. The molecule has 0 saturated carbocycles. The van der Waals surface area contributed by atoms with Gasteiger partial charge in [0, 0.05) is 15.4 Å². The van der Waals surface area contributed by atoms with Crippen molar-refractivity contribution >= 4 is 22.9 Å². The van der Waals surface area contributed by atoms with Crippen molar-refractivity contribution in [3.63, 3.8) is 0 Å². The Morgan fingerprint density at radius 2 is 2.05 bits per heavy atom. The fourth-order valence-electron chi connectivity index (χ4n) is 2.17. The number of carbonyl (C=O) groups excluding carboxylic acids is 1. The smallest absolute Gasteiger partial charge is 0.253 e. The second kappa shape index (κ2) is 5.63. The van der Waals surface area contributed by atoms with Crippen LogP contribution in [0.2, 0.25) is 0 Å². The van der Waals surface area contributed by atoms with Gasteiger partial charge in [-0.3, -0.25) is 4.79 Å². The molecule has 0 spiro atoms. The zero-order valence-electron chi connectivity index (χ0n) is 11.7. The van der Waals surface area contributed by atoms with Crippen LogP contribution in [0.15, 0.2) is 24.3 Å². The van der Waals surface area contributed by atoms with Gasteiger partial charge in [0.15, 0.2) is 0 Å². The van der Waals surface area contributed by atoms with Crippen molar-refractivity contribution in [1.29, 1.82) is 0 Å². The normalized spacial score (nSPS) is 12.2. The molecule has 1 aromatic carbocycles. The molecule has 1 atom stereocenters. The Balaban J connectivity index is 2.17. The van der Waals surface area contributed by atoms with Crippen LogP contribution in [0.3, 0.4) is 0 Å². The fraction of sp³-hybridized carbons (Fsp3) is 0.267. The first kappa shape index (κ1) is 14.5. The zero-order valence-corrected chi connectivity index (χ0v) is 12.5. The van der Waals surface area contributed by atoms with Crippen LogP contribution in [0.4, 0.5) is 10.1 Å². The lowest BCUT2D eigenvalue weighted by Crippen LogP contribution is -2.27. The van der Waals surface area contributed by atoms with E-state index in [-0.39, 0.29) is 17.6 Å². The predicted molar refractivity (Wildman–Crippen MR) is 80.5 cm³/mol. The number of nitrogen functional groups attached to an aromatic ring is 1. The van der Waals surface area contributed by atoms with Gasteiger partial charge in [-0.05, 0) is 50.6 Å². The quantitative estimate of drug-likeness (QED) is 0.850. The summed E-state index contributed by atoms with van der Waals surface area (Å²) in [5.74, 6) is -0.741. The van der Waals surface area contributed by atoms with Gasteiger partial charge in [-0.1, -0.05) is 0 Å². The van der Waals surface area contributed by atoms with Gasteiger partial charge in [0.1, 0.15) is 5.82 Å². The standard InChI is InChI=1S/C15H17FN2OS/c1-8-6-13(10(3)20-8)9(2)18-15(19)12-5-4-11(16)7-14(12)17/h4-7,9H,17H2,1-3H3,(H,18,19). The predicted octanol–water partition coefficient (Wildman–Crippen LogP) is 3.58. The highest BCUT2D eigenvalue weighted by molar-refractivity contribution is 7.12. The van der Waals surface area contributed by atoms with Gasteiger partial charge < -0.3 is 11.1 Å². The van der Waals surface area contributed by atoms with Crippen LogP contribution in [0, 0.1) is 19.7 Å². The summed E-state index contributed by atoms with van der Waals surface area (Å²) in [6.07, 6.45) is 0. The minimum Gasteiger partial charge on any atom is -0.398 e. The number of aryl methyl sites for hydroxylation is 2. The number of carbonyl (C=O) groups is 1. The first-order chi connectivity index (χ1) is 9.38. The van der Waals surface area contributed by atoms with E-state index in [0.717, 1.165) is 11.6 Å². The van der Waals surface area contributed by atoms with Gasteiger partial charge in [0.05, 0.1) is 11.6 Å². The van der Waals surface area contributed by atoms with Gasteiger partial charge in [0.25, 0.3) is 5.91 Å². The molecule has 1 unspecified atom stereocenters. The summed E-state index contributed by atoms with van der Waals surface area (Å²) in [6, 6.07) is 5.74. The molecular formula is C15H17FN2OS. The zero-order chi connectivity index (χ0) is 14.9. The van der Waals surface area contributed by atoms with Crippen LogP contribution < -0.4 is 11.1 Å². The molecule has 106 valence electrons. The van der Waals surface area contributed by atoms with Crippen molar-refractivity contribution in [3.05, 3.63) is 51.0 Å². The van der Waals surface area contributed by atoms with E-state index >= 15 is 0 Å². The molecule has 0 aliphatic rings. The second-order valence-electron chi connectivity index (χ2n) is 4.80. The minimum absolute atomic E-state index is 0.114. The molecule has 2 rings (SSSR count). The first-order valence-corrected chi connectivity index (χ1v) is 7.13. The van der Waals surface area contributed by atoms with Gasteiger partial charge in [0.2, 0.25) is 0 Å². The molecule has 0 aliphatic heterocycles. The van der Waals surface area contributed by atoms with Gasteiger partial charge >= 0.3 is 0 Å². The number of benzene rings is 1. The number of nitrogens with two attached hydrogens (primary N) is 1. The average molecular weight is 292 g/mol. The molecule has 20 heavy (non-hydrogen) atoms. The highest BCUT2D eigenvalue weighted by atomic mass is 32.1. The molecule has 0 aliphatic carbocycles. The van der Waals surface area contributed by atoms with Crippen LogP contribution in [-0.2, 0) is 0 Å². The van der Waals surface area contributed by atoms with Crippen molar-refractivity contribution in [2.75, 3.05) is 5.73 Å². The maximum Gasteiger partial charge on any atom is 0.253 e. The van der Waals surface area contributed by atoms with Crippen LogP contribution in [0.25, 0.3) is 0 Å². The number of nitrogens with one attached hydrogen (secondary N) is 1. The molecule has 0 saturated heterocycles. The molecule has 0 radical (unpaired) electrons. The molecule has 3 N–H and O–H groups in total. The Kier molecular flexibility index (Phi) is 4.09. The van der Waals surface area contributed by atoms with Gasteiger partial charge in [-0.15, -0.1) is 11.3 Å². The molecule has 3 nitrogen and oxygen atoms in total. The Bertz CT molecular complexity index is 651. The van der Waals surface area contributed by atoms with Crippen molar-refractivity contribution < 1.29 is 9.18 Å². The highest BCUT2D eigenvalue weighted by Crippen LogP contribution is 2.26. The van der Waals surface area contributed by atoms with E-state index in [0.29, 0.717) is 5.56 Å². The van der Waals surface area contributed by atoms with Gasteiger partial charge in [-0.25, -0.2) is 4.39 Å². The SMILES string of the molecule is Cc1cc(C(C)NC(=O)c2ccc(F)cc2N)c(C)s1. The van der Waals surface area contributed by atoms with E-state index in [1.165, 1.54) is 21.9 Å². The summed E-state index contributed by atoms with van der Waals surface area (Å²) in [4.78, 5) is 14.6. The summed E-state index contributed by atoms with van der Waals surface area (Å²) in [5.41, 5.74) is 7.21. The Morgan fingerprint density at radius 3 is 2.60 bits per heavy atom. The Labute approximate surface area is 121 Å². The first-order valence-electron chi connectivity index (χ1n) is 6.31. The third-order valence-electron chi connectivity index (χ3n) is 3.15. The lowest BCUT2D eigenvalue weighted by molar-refractivity contribution is 0.0941. The molecule has 1 heterocycles. The lowest BCUT2D eigenvalue weighted by Gasteiger charge is -2.15. The molecular weight excluding hydrogens is 275 g/mol. The van der Waals surface area contributed by atoms with E-state index in [4.69, 9.17) is 5.73 Å². The van der Waals surface area contributed by atoms with Crippen molar-refractivity contribution in [2.45, 2.75) is 26.8 Å². The molecule has 1 amide bonds. The summed E-state index contributed by atoms with van der Waals surface area (Å²) in [6.45, 7) is 5.99. The average Bonchev–Trinajstić information content (AvgIpc) is 2.68. The van der Waals surface area contributed by atoms with Crippen molar-refractivity contribution in [3.8, 4) is 0 Å². The summed E-state index contributed by atoms with van der Waals surface area (Å²) in [7, 11) is 0. The number of rotatable bonds is 3. The molecule has 0 bridgehead atoms. The summed E-state index contributed by atoms with van der Waals surface area (Å²) in [5, 5.41) is 2.89. The van der Waals surface area contributed by atoms with E-state index < -0.39 is 5.82 Å². The van der Waals surface area contributed by atoms with Crippen LogP contribution in [-0.4, -0.2) is 5.91 Å². The summed E-state index contributed by atoms with van der Waals surface area (Å²) >= 11 is 1.70. The van der Waals surface area contributed by atoms with Gasteiger partial charge in [-0.2, -0.15) is 0 Å². The number of hydrogen-bond acceptors (Lipinski definition) is 3. The van der Waals surface area contributed by atoms with Crippen LogP contribution in [0.5, 0.6) is 0 Å². The fourth-order valence-corrected chi connectivity index (χ4v) is 3.20. The number of thiophene rings is 1. The number of amides is 1. The number of anilines is 1. The number of hydrogen-bond donors (Lipinski definition) is 2. The van der Waals surface area contributed by atoms with Crippen LogP contribution >= 0.6 is 11.3 Å². The largest absolute Gasteiger partial charge is 0.398 e. The molecule has 1 aromatic heterocycles. The highest BCUT2D eigenvalue weighted by Gasteiger charge is 2.16. The maximum absolute atomic E-state index is 13.0. The minimum atomic E-state index is -0.448.